The molecule has 1 saturated heterocycles. The van der Waals surface area contributed by atoms with E-state index in [-0.39, 0.29) is 17.6 Å². The van der Waals surface area contributed by atoms with Gasteiger partial charge in [0.15, 0.2) is 0 Å². The molecule has 1 heterocycles. The number of rotatable bonds is 6. The van der Waals surface area contributed by atoms with Crippen molar-refractivity contribution in [2.75, 3.05) is 31.7 Å². The summed E-state index contributed by atoms with van der Waals surface area (Å²) >= 11 is 0. The lowest BCUT2D eigenvalue weighted by Gasteiger charge is -2.31. The molecule has 1 amide bonds. The summed E-state index contributed by atoms with van der Waals surface area (Å²) in [5, 5.41) is 0. The van der Waals surface area contributed by atoms with Crippen molar-refractivity contribution in [1.29, 1.82) is 0 Å². The minimum Gasteiger partial charge on any atom is -0.493 e. The summed E-state index contributed by atoms with van der Waals surface area (Å²) in [6.45, 7) is 1.65. The zero-order chi connectivity index (χ0) is 16.0. The van der Waals surface area contributed by atoms with Gasteiger partial charge in [-0.25, -0.2) is 8.42 Å². The summed E-state index contributed by atoms with van der Waals surface area (Å²) in [5.41, 5.74) is 0. The predicted molar refractivity (Wildman–Crippen MR) is 85.6 cm³/mol. The molecule has 1 fully saturated rings. The van der Waals surface area contributed by atoms with Crippen LogP contribution >= 0.6 is 0 Å². The first-order chi connectivity index (χ1) is 10.4. The van der Waals surface area contributed by atoms with Gasteiger partial charge in [-0.1, -0.05) is 18.2 Å². The van der Waals surface area contributed by atoms with E-state index in [1.807, 2.05) is 35.2 Å². The number of carbonyl (C=O) groups excluding carboxylic acids is 1. The molecule has 5 nitrogen and oxygen atoms in total. The molecule has 1 aromatic rings. The molecule has 0 saturated carbocycles. The summed E-state index contributed by atoms with van der Waals surface area (Å²) in [4.78, 5) is 13.9. The second kappa shape index (κ2) is 7.63. The number of para-hydroxylation sites is 1. The molecule has 0 unspecified atom stereocenters. The van der Waals surface area contributed by atoms with Crippen molar-refractivity contribution in [2.45, 2.75) is 19.3 Å². The van der Waals surface area contributed by atoms with Crippen molar-refractivity contribution >= 4 is 15.7 Å². The van der Waals surface area contributed by atoms with Gasteiger partial charge in [0.2, 0.25) is 5.91 Å². The van der Waals surface area contributed by atoms with Crippen LogP contribution in [-0.4, -0.2) is 50.9 Å². The average molecular weight is 325 g/mol. The molecule has 0 aliphatic carbocycles. The van der Waals surface area contributed by atoms with E-state index in [1.165, 1.54) is 6.26 Å². The van der Waals surface area contributed by atoms with Crippen molar-refractivity contribution in [1.82, 2.24) is 4.90 Å². The lowest BCUT2D eigenvalue weighted by molar-refractivity contribution is -0.133. The van der Waals surface area contributed by atoms with Crippen LogP contribution < -0.4 is 4.74 Å². The van der Waals surface area contributed by atoms with Crippen LogP contribution in [0.15, 0.2) is 30.3 Å². The molecule has 1 aliphatic rings. The standard InChI is InChI=1S/C16H23NO4S/c1-22(19,20)13-14-7-10-17(11-8-14)16(18)9-12-21-15-5-3-2-4-6-15/h2-6,14H,7-13H2,1H3. The number of hydrogen-bond acceptors (Lipinski definition) is 4. The van der Waals surface area contributed by atoms with Gasteiger partial charge in [-0.2, -0.15) is 0 Å². The zero-order valence-corrected chi connectivity index (χ0v) is 13.7. The number of piperidine rings is 1. The molecule has 0 spiro atoms. The highest BCUT2D eigenvalue weighted by molar-refractivity contribution is 7.90. The normalized spacial score (nSPS) is 16.5. The van der Waals surface area contributed by atoms with Gasteiger partial charge in [0.1, 0.15) is 15.6 Å². The van der Waals surface area contributed by atoms with E-state index in [2.05, 4.69) is 0 Å². The fraction of sp³-hybridized carbons (Fsp3) is 0.562. The van der Waals surface area contributed by atoms with E-state index in [9.17, 15) is 13.2 Å². The van der Waals surface area contributed by atoms with Crippen LogP contribution in [0.5, 0.6) is 5.75 Å². The first-order valence-corrected chi connectivity index (χ1v) is 9.63. The Morgan fingerprint density at radius 3 is 2.45 bits per heavy atom. The average Bonchev–Trinajstić information content (AvgIpc) is 2.47. The monoisotopic (exact) mass is 325 g/mol. The molecule has 0 radical (unpaired) electrons. The number of ether oxygens (including phenoxy) is 1. The van der Waals surface area contributed by atoms with E-state index in [4.69, 9.17) is 4.74 Å². The Morgan fingerprint density at radius 1 is 1.23 bits per heavy atom. The summed E-state index contributed by atoms with van der Waals surface area (Å²) < 4.78 is 28.1. The topological polar surface area (TPSA) is 63.7 Å². The minimum atomic E-state index is -2.93. The fourth-order valence-electron chi connectivity index (χ4n) is 2.71. The molecule has 22 heavy (non-hydrogen) atoms. The Hall–Kier alpha value is -1.56. The molecule has 2 rings (SSSR count). The Kier molecular flexibility index (Phi) is 5.83. The van der Waals surface area contributed by atoms with Crippen LogP contribution in [0.25, 0.3) is 0 Å². The minimum absolute atomic E-state index is 0.0775. The third-order valence-electron chi connectivity index (χ3n) is 3.83. The summed E-state index contributed by atoms with van der Waals surface area (Å²) in [5.74, 6) is 1.25. The smallest absolute Gasteiger partial charge is 0.225 e. The number of likely N-dealkylation sites (tertiary alicyclic amines) is 1. The highest BCUT2D eigenvalue weighted by Gasteiger charge is 2.24. The quantitative estimate of drug-likeness (QED) is 0.799. The number of carbonyl (C=O) groups is 1. The zero-order valence-electron chi connectivity index (χ0n) is 12.9. The Balaban J connectivity index is 1.69. The number of hydrogen-bond donors (Lipinski definition) is 0. The number of nitrogens with zero attached hydrogens (tertiary/aromatic N) is 1. The number of amides is 1. The second-order valence-electron chi connectivity index (χ2n) is 5.83. The van der Waals surface area contributed by atoms with Crippen LogP contribution in [0.2, 0.25) is 0 Å². The third-order valence-corrected chi connectivity index (χ3v) is 4.91. The molecule has 0 bridgehead atoms. The van der Waals surface area contributed by atoms with E-state index < -0.39 is 9.84 Å². The highest BCUT2D eigenvalue weighted by atomic mass is 32.2. The molecule has 6 heteroatoms. The van der Waals surface area contributed by atoms with Gasteiger partial charge >= 0.3 is 0 Å². The van der Waals surface area contributed by atoms with Crippen molar-refractivity contribution in [2.24, 2.45) is 5.92 Å². The van der Waals surface area contributed by atoms with Crippen molar-refractivity contribution < 1.29 is 17.9 Å². The lowest BCUT2D eigenvalue weighted by atomic mass is 9.99. The molecule has 1 aliphatic heterocycles. The summed E-state index contributed by atoms with van der Waals surface area (Å²) in [6, 6.07) is 9.42. The van der Waals surface area contributed by atoms with E-state index in [0.29, 0.717) is 26.1 Å². The van der Waals surface area contributed by atoms with Crippen LogP contribution in [0, 0.1) is 5.92 Å². The summed E-state index contributed by atoms with van der Waals surface area (Å²) in [6.07, 6.45) is 3.15. The first-order valence-electron chi connectivity index (χ1n) is 7.57. The molecular weight excluding hydrogens is 302 g/mol. The first kappa shape index (κ1) is 16.8. The van der Waals surface area contributed by atoms with Gasteiger partial charge in [0, 0.05) is 19.3 Å². The largest absolute Gasteiger partial charge is 0.493 e. The van der Waals surface area contributed by atoms with Crippen molar-refractivity contribution in [3.05, 3.63) is 30.3 Å². The van der Waals surface area contributed by atoms with Crippen LogP contribution in [0.1, 0.15) is 19.3 Å². The maximum Gasteiger partial charge on any atom is 0.225 e. The Morgan fingerprint density at radius 2 is 1.86 bits per heavy atom. The van der Waals surface area contributed by atoms with E-state index in [0.717, 1.165) is 18.6 Å². The second-order valence-corrected chi connectivity index (χ2v) is 8.01. The molecule has 0 N–H and O–H groups in total. The Bertz CT molecular complexity index is 577. The summed E-state index contributed by atoms with van der Waals surface area (Å²) in [7, 11) is -2.93. The fourth-order valence-corrected chi connectivity index (χ4v) is 3.90. The van der Waals surface area contributed by atoms with Gasteiger partial charge in [-0.15, -0.1) is 0 Å². The SMILES string of the molecule is CS(=O)(=O)CC1CCN(C(=O)CCOc2ccccc2)CC1. The van der Waals surface area contributed by atoms with Crippen molar-refractivity contribution in [3.8, 4) is 5.75 Å². The molecule has 0 atom stereocenters. The predicted octanol–water partition coefficient (Wildman–Crippen LogP) is 1.74. The van der Waals surface area contributed by atoms with Crippen LogP contribution in [-0.2, 0) is 14.6 Å². The lowest BCUT2D eigenvalue weighted by Crippen LogP contribution is -2.40. The van der Waals surface area contributed by atoms with Crippen LogP contribution in [0.4, 0.5) is 0 Å². The van der Waals surface area contributed by atoms with Gasteiger partial charge in [0.25, 0.3) is 0 Å². The maximum absolute atomic E-state index is 12.1. The molecule has 122 valence electrons. The van der Waals surface area contributed by atoms with Gasteiger partial charge < -0.3 is 9.64 Å². The van der Waals surface area contributed by atoms with E-state index in [1.54, 1.807) is 0 Å². The van der Waals surface area contributed by atoms with Crippen molar-refractivity contribution in [3.63, 3.8) is 0 Å². The molecular formula is C16H23NO4S. The number of benzene rings is 1. The Labute approximate surface area is 132 Å². The van der Waals surface area contributed by atoms with E-state index >= 15 is 0 Å². The molecule has 0 aromatic heterocycles. The third kappa shape index (κ3) is 5.67. The molecule has 1 aromatic carbocycles. The van der Waals surface area contributed by atoms with Gasteiger partial charge in [-0.05, 0) is 30.9 Å². The van der Waals surface area contributed by atoms with Gasteiger partial charge in [0.05, 0.1) is 18.8 Å². The van der Waals surface area contributed by atoms with Crippen LogP contribution in [0.3, 0.4) is 0 Å². The number of sulfone groups is 1. The maximum atomic E-state index is 12.1. The highest BCUT2D eigenvalue weighted by Crippen LogP contribution is 2.19. The van der Waals surface area contributed by atoms with Gasteiger partial charge in [-0.3, -0.25) is 4.79 Å².